The molecule has 1 N–H and O–H groups in total. The SMILES string of the molecule is O=C(Nc1cc(C(F)(F)F)ccc1-n1cccn1)C1CC(=O)N(c2ccc3c(c2)OCCO3)C1. The molecule has 2 aliphatic rings. The number of hydrogen-bond acceptors (Lipinski definition) is 5. The summed E-state index contributed by atoms with van der Waals surface area (Å²) in [5.41, 5.74) is -0.118. The number of nitrogens with zero attached hydrogens (tertiary/aromatic N) is 3. The largest absolute Gasteiger partial charge is 0.486 e. The van der Waals surface area contributed by atoms with Gasteiger partial charge in [-0.25, -0.2) is 4.68 Å². The fourth-order valence-corrected chi connectivity index (χ4v) is 3.99. The molecule has 1 atom stereocenters. The Kier molecular flexibility index (Phi) is 5.39. The topological polar surface area (TPSA) is 85.7 Å². The summed E-state index contributed by atoms with van der Waals surface area (Å²) in [5.74, 6) is -0.487. The van der Waals surface area contributed by atoms with Crippen LogP contribution in [0, 0.1) is 5.92 Å². The number of aromatic nitrogens is 2. The van der Waals surface area contributed by atoms with Gasteiger partial charge in [-0.3, -0.25) is 9.59 Å². The minimum absolute atomic E-state index is 0.0475. The molecular formula is C23H19F3N4O4. The number of halogens is 3. The van der Waals surface area contributed by atoms with Gasteiger partial charge in [-0.05, 0) is 36.4 Å². The molecule has 1 unspecified atom stereocenters. The maximum absolute atomic E-state index is 13.3. The van der Waals surface area contributed by atoms with Crippen molar-refractivity contribution in [3.05, 3.63) is 60.4 Å². The van der Waals surface area contributed by atoms with Crippen molar-refractivity contribution in [2.75, 3.05) is 30.0 Å². The molecule has 1 fully saturated rings. The number of carbonyl (C=O) groups is 2. The molecule has 5 rings (SSSR count). The van der Waals surface area contributed by atoms with Crippen LogP contribution in [-0.2, 0) is 15.8 Å². The van der Waals surface area contributed by atoms with E-state index in [0.717, 1.165) is 12.1 Å². The fourth-order valence-electron chi connectivity index (χ4n) is 3.99. The Hall–Kier alpha value is -4.02. The second-order valence-electron chi connectivity index (χ2n) is 7.90. The molecule has 2 aliphatic heterocycles. The van der Waals surface area contributed by atoms with Gasteiger partial charge in [-0.1, -0.05) is 0 Å². The summed E-state index contributed by atoms with van der Waals surface area (Å²) in [6.07, 6.45) is -1.62. The Bertz CT molecular complexity index is 1240. The van der Waals surface area contributed by atoms with Gasteiger partial charge in [0.05, 0.1) is 22.9 Å². The number of alkyl halides is 3. The summed E-state index contributed by atoms with van der Waals surface area (Å²) in [6.45, 7) is 0.915. The van der Waals surface area contributed by atoms with Crippen LogP contribution in [0.5, 0.6) is 11.5 Å². The number of anilines is 2. The maximum atomic E-state index is 13.3. The number of rotatable bonds is 4. The molecule has 0 saturated carbocycles. The lowest BCUT2D eigenvalue weighted by Gasteiger charge is -2.22. The average Bonchev–Trinajstić information content (AvgIpc) is 3.48. The molecule has 0 spiro atoms. The van der Waals surface area contributed by atoms with Crippen molar-refractivity contribution in [3.8, 4) is 17.2 Å². The van der Waals surface area contributed by atoms with Gasteiger partial charge in [0.1, 0.15) is 13.2 Å². The van der Waals surface area contributed by atoms with Gasteiger partial charge in [0, 0.05) is 37.1 Å². The van der Waals surface area contributed by atoms with E-state index in [1.165, 1.54) is 21.8 Å². The highest BCUT2D eigenvalue weighted by Crippen LogP contribution is 2.37. The van der Waals surface area contributed by atoms with Crippen molar-refractivity contribution in [1.82, 2.24) is 9.78 Å². The summed E-state index contributed by atoms with van der Waals surface area (Å²) in [4.78, 5) is 27.1. The van der Waals surface area contributed by atoms with Crippen molar-refractivity contribution in [2.45, 2.75) is 12.6 Å². The molecule has 2 amide bonds. The second kappa shape index (κ2) is 8.40. The molecule has 8 nitrogen and oxygen atoms in total. The minimum Gasteiger partial charge on any atom is -0.486 e. The third-order valence-corrected chi connectivity index (χ3v) is 5.67. The van der Waals surface area contributed by atoms with Gasteiger partial charge in [0.15, 0.2) is 11.5 Å². The van der Waals surface area contributed by atoms with E-state index in [4.69, 9.17) is 9.47 Å². The quantitative estimate of drug-likeness (QED) is 0.627. The van der Waals surface area contributed by atoms with Crippen LogP contribution < -0.4 is 19.7 Å². The van der Waals surface area contributed by atoms with Crippen molar-refractivity contribution in [3.63, 3.8) is 0 Å². The van der Waals surface area contributed by atoms with Crippen LogP contribution in [0.4, 0.5) is 24.5 Å². The zero-order valence-electron chi connectivity index (χ0n) is 17.7. The van der Waals surface area contributed by atoms with E-state index in [-0.39, 0.29) is 30.2 Å². The summed E-state index contributed by atoms with van der Waals surface area (Å²) >= 11 is 0. The Morgan fingerprint density at radius 3 is 2.62 bits per heavy atom. The molecule has 3 heterocycles. The number of amides is 2. The van der Waals surface area contributed by atoms with Gasteiger partial charge in [-0.15, -0.1) is 0 Å². The van der Waals surface area contributed by atoms with Crippen LogP contribution >= 0.6 is 0 Å². The van der Waals surface area contributed by atoms with Crippen LogP contribution in [0.2, 0.25) is 0 Å². The maximum Gasteiger partial charge on any atom is 0.416 e. The van der Waals surface area contributed by atoms with E-state index in [2.05, 4.69) is 10.4 Å². The molecule has 2 aromatic carbocycles. The number of benzene rings is 2. The smallest absolute Gasteiger partial charge is 0.416 e. The first kappa shape index (κ1) is 21.8. The fraction of sp³-hybridized carbons (Fsp3) is 0.261. The molecule has 1 aromatic heterocycles. The normalized spacial score (nSPS) is 17.7. The van der Waals surface area contributed by atoms with Crippen molar-refractivity contribution in [1.29, 1.82) is 0 Å². The predicted octanol–water partition coefficient (Wildman–Crippen LogP) is 3.65. The summed E-state index contributed by atoms with van der Waals surface area (Å²) in [6, 6.07) is 9.73. The molecule has 0 bridgehead atoms. The standard InChI is InChI=1S/C23H19F3N4O4/c24-23(25,26)15-2-4-18(30-7-1-6-27-30)17(11-15)28-22(32)14-10-21(31)29(13-14)16-3-5-19-20(12-16)34-9-8-33-19/h1-7,11-12,14H,8-10,13H2,(H,28,32). The van der Waals surface area contributed by atoms with Crippen LogP contribution in [0.1, 0.15) is 12.0 Å². The van der Waals surface area contributed by atoms with E-state index >= 15 is 0 Å². The van der Waals surface area contributed by atoms with Crippen LogP contribution in [0.25, 0.3) is 5.69 Å². The van der Waals surface area contributed by atoms with E-state index in [1.54, 1.807) is 30.5 Å². The van der Waals surface area contributed by atoms with E-state index in [1.807, 2.05) is 0 Å². The first-order valence-corrected chi connectivity index (χ1v) is 10.5. The summed E-state index contributed by atoms with van der Waals surface area (Å²) in [5, 5.41) is 6.61. The molecule has 0 radical (unpaired) electrons. The van der Waals surface area contributed by atoms with Crippen LogP contribution in [0.3, 0.4) is 0 Å². The number of fused-ring (bicyclic) bond motifs is 1. The lowest BCUT2D eigenvalue weighted by Crippen LogP contribution is -2.28. The Morgan fingerprint density at radius 2 is 1.88 bits per heavy atom. The first-order chi connectivity index (χ1) is 16.3. The van der Waals surface area contributed by atoms with Gasteiger partial charge < -0.3 is 19.7 Å². The van der Waals surface area contributed by atoms with Gasteiger partial charge in [0.2, 0.25) is 11.8 Å². The van der Waals surface area contributed by atoms with E-state index < -0.39 is 23.6 Å². The zero-order valence-corrected chi connectivity index (χ0v) is 17.7. The summed E-state index contributed by atoms with van der Waals surface area (Å²) in [7, 11) is 0. The molecule has 0 aliphatic carbocycles. The molecule has 11 heteroatoms. The van der Waals surface area contributed by atoms with Gasteiger partial charge in [-0.2, -0.15) is 18.3 Å². The van der Waals surface area contributed by atoms with Gasteiger partial charge >= 0.3 is 6.18 Å². The number of ether oxygens (including phenoxy) is 2. The summed E-state index contributed by atoms with van der Waals surface area (Å²) < 4.78 is 52.3. The highest BCUT2D eigenvalue weighted by atomic mass is 19.4. The molecule has 34 heavy (non-hydrogen) atoms. The van der Waals surface area contributed by atoms with Crippen molar-refractivity contribution >= 4 is 23.2 Å². The van der Waals surface area contributed by atoms with Crippen LogP contribution in [0.15, 0.2) is 54.9 Å². The Labute approximate surface area is 191 Å². The van der Waals surface area contributed by atoms with E-state index in [9.17, 15) is 22.8 Å². The Morgan fingerprint density at radius 1 is 1.09 bits per heavy atom. The Balaban J connectivity index is 1.37. The zero-order chi connectivity index (χ0) is 23.9. The second-order valence-corrected chi connectivity index (χ2v) is 7.90. The number of nitrogens with one attached hydrogen (secondary N) is 1. The molecule has 176 valence electrons. The lowest BCUT2D eigenvalue weighted by atomic mass is 10.1. The highest BCUT2D eigenvalue weighted by molar-refractivity contribution is 6.04. The third kappa shape index (κ3) is 4.16. The van der Waals surface area contributed by atoms with E-state index in [0.29, 0.717) is 30.4 Å². The lowest BCUT2D eigenvalue weighted by molar-refractivity contribution is -0.137. The average molecular weight is 472 g/mol. The third-order valence-electron chi connectivity index (χ3n) is 5.67. The van der Waals surface area contributed by atoms with Crippen LogP contribution in [-0.4, -0.2) is 41.4 Å². The number of carbonyl (C=O) groups excluding carboxylic acids is 2. The monoisotopic (exact) mass is 472 g/mol. The first-order valence-electron chi connectivity index (χ1n) is 10.5. The molecular weight excluding hydrogens is 453 g/mol. The molecule has 3 aromatic rings. The highest BCUT2D eigenvalue weighted by Gasteiger charge is 2.37. The minimum atomic E-state index is -4.58. The predicted molar refractivity (Wildman–Crippen MR) is 115 cm³/mol. The molecule has 1 saturated heterocycles. The van der Waals surface area contributed by atoms with Gasteiger partial charge in [0.25, 0.3) is 0 Å². The van der Waals surface area contributed by atoms with Crippen molar-refractivity contribution < 1.29 is 32.2 Å². The van der Waals surface area contributed by atoms with Crippen molar-refractivity contribution in [2.24, 2.45) is 5.92 Å². The number of hydrogen-bond donors (Lipinski definition) is 1.